The molecule has 0 amide bonds. The molecule has 0 saturated carbocycles. The number of alkyl halides is 2. The number of likely N-dealkylation sites (tertiary alicyclic amines) is 2. The molecule has 3 fully saturated rings. The second kappa shape index (κ2) is 8.39. The van der Waals surface area contributed by atoms with Crippen molar-refractivity contribution in [1.29, 1.82) is 0 Å². The molecular weight excluding hydrogens is 310 g/mol. The maximum absolute atomic E-state index is 13.2. The van der Waals surface area contributed by atoms with E-state index in [2.05, 4.69) is 21.6 Å². The van der Waals surface area contributed by atoms with Crippen LogP contribution in [-0.2, 0) is 0 Å². The van der Waals surface area contributed by atoms with Crippen molar-refractivity contribution in [1.82, 2.24) is 19.6 Å². The van der Waals surface area contributed by atoms with Crippen molar-refractivity contribution in [3.05, 3.63) is 0 Å². The summed E-state index contributed by atoms with van der Waals surface area (Å²) >= 11 is 0. The van der Waals surface area contributed by atoms with Crippen molar-refractivity contribution in [2.45, 2.75) is 51.0 Å². The molecule has 1 unspecified atom stereocenters. The first kappa shape index (κ1) is 18.5. The van der Waals surface area contributed by atoms with Crippen LogP contribution in [0.4, 0.5) is 8.78 Å². The van der Waals surface area contributed by atoms with Crippen molar-refractivity contribution in [2.75, 3.05) is 65.6 Å². The van der Waals surface area contributed by atoms with Crippen molar-refractivity contribution in [3.63, 3.8) is 0 Å². The minimum Gasteiger partial charge on any atom is -0.301 e. The third-order valence-electron chi connectivity index (χ3n) is 5.94. The highest BCUT2D eigenvalue weighted by molar-refractivity contribution is 4.82. The maximum atomic E-state index is 13.2. The second-order valence-electron chi connectivity index (χ2n) is 7.99. The average molecular weight is 344 g/mol. The Morgan fingerprint density at radius 3 is 2.12 bits per heavy atom. The van der Waals surface area contributed by atoms with E-state index in [0.717, 1.165) is 45.3 Å². The van der Waals surface area contributed by atoms with E-state index in [0.29, 0.717) is 6.54 Å². The van der Waals surface area contributed by atoms with Crippen molar-refractivity contribution in [3.8, 4) is 0 Å². The predicted octanol–water partition coefficient (Wildman–Crippen LogP) is 2.17. The van der Waals surface area contributed by atoms with Crippen LogP contribution in [0.5, 0.6) is 0 Å². The zero-order valence-corrected chi connectivity index (χ0v) is 15.2. The summed E-state index contributed by atoms with van der Waals surface area (Å²) < 4.78 is 26.3. The van der Waals surface area contributed by atoms with E-state index in [9.17, 15) is 8.78 Å². The molecule has 0 N–H and O–H groups in total. The van der Waals surface area contributed by atoms with E-state index < -0.39 is 5.92 Å². The lowest BCUT2D eigenvalue weighted by Crippen LogP contribution is -2.32. The van der Waals surface area contributed by atoms with E-state index in [1.165, 1.54) is 38.9 Å². The molecule has 0 aromatic carbocycles. The van der Waals surface area contributed by atoms with Gasteiger partial charge in [0.25, 0.3) is 5.92 Å². The number of hydrogen-bond donors (Lipinski definition) is 0. The fourth-order valence-electron chi connectivity index (χ4n) is 4.41. The molecule has 0 radical (unpaired) electrons. The molecule has 0 bridgehead atoms. The van der Waals surface area contributed by atoms with Gasteiger partial charge in [-0.3, -0.25) is 14.7 Å². The van der Waals surface area contributed by atoms with Gasteiger partial charge >= 0.3 is 0 Å². The van der Waals surface area contributed by atoms with E-state index in [-0.39, 0.29) is 13.0 Å². The molecule has 140 valence electrons. The SMILES string of the molecule is CC1CCCN1CCCN1CCN(CCCN2CCC(F)(F)C2)C1. The van der Waals surface area contributed by atoms with Gasteiger partial charge in [0.1, 0.15) is 0 Å². The molecule has 3 aliphatic heterocycles. The summed E-state index contributed by atoms with van der Waals surface area (Å²) in [5.41, 5.74) is 0. The van der Waals surface area contributed by atoms with E-state index >= 15 is 0 Å². The van der Waals surface area contributed by atoms with Crippen LogP contribution in [0.3, 0.4) is 0 Å². The Morgan fingerprint density at radius 1 is 0.875 bits per heavy atom. The highest BCUT2D eigenvalue weighted by Gasteiger charge is 2.37. The largest absolute Gasteiger partial charge is 0.301 e. The first-order valence-corrected chi connectivity index (χ1v) is 9.81. The summed E-state index contributed by atoms with van der Waals surface area (Å²) in [5, 5.41) is 0. The maximum Gasteiger partial charge on any atom is 0.261 e. The molecule has 3 heterocycles. The Labute approximate surface area is 145 Å². The van der Waals surface area contributed by atoms with Gasteiger partial charge in [-0.25, -0.2) is 8.78 Å². The lowest BCUT2D eigenvalue weighted by atomic mass is 10.2. The molecule has 0 aromatic rings. The van der Waals surface area contributed by atoms with Gasteiger partial charge in [0.05, 0.1) is 13.2 Å². The summed E-state index contributed by atoms with van der Waals surface area (Å²) in [6, 6.07) is 0.776. The third-order valence-corrected chi connectivity index (χ3v) is 5.94. The molecular formula is C18H34F2N4. The van der Waals surface area contributed by atoms with Crippen molar-refractivity contribution in [2.24, 2.45) is 0 Å². The van der Waals surface area contributed by atoms with Gasteiger partial charge in [0.2, 0.25) is 0 Å². The normalized spacial score (nSPS) is 29.9. The quantitative estimate of drug-likeness (QED) is 0.669. The summed E-state index contributed by atoms with van der Waals surface area (Å²) in [4.78, 5) is 9.57. The van der Waals surface area contributed by atoms with E-state index in [1.807, 2.05) is 4.90 Å². The number of hydrogen-bond acceptors (Lipinski definition) is 4. The van der Waals surface area contributed by atoms with Crippen LogP contribution in [0.25, 0.3) is 0 Å². The minimum absolute atomic E-state index is 0.0337. The van der Waals surface area contributed by atoms with Crippen molar-refractivity contribution < 1.29 is 8.78 Å². The van der Waals surface area contributed by atoms with Crippen LogP contribution in [0.1, 0.15) is 39.0 Å². The molecule has 3 aliphatic rings. The standard InChI is InChI=1S/C18H34F2N4/c1-17-5-2-10-24(17)11-4-9-23-14-13-22(16-23)8-3-7-21-12-6-18(19,20)15-21/h17H,2-16H2,1H3. The predicted molar refractivity (Wildman–Crippen MR) is 93.5 cm³/mol. The summed E-state index contributed by atoms with van der Waals surface area (Å²) in [6.45, 7) is 11.8. The van der Waals surface area contributed by atoms with Crippen molar-refractivity contribution >= 4 is 0 Å². The zero-order valence-electron chi connectivity index (χ0n) is 15.2. The first-order chi connectivity index (χ1) is 11.5. The molecule has 3 rings (SSSR count). The van der Waals surface area contributed by atoms with Crippen LogP contribution in [0, 0.1) is 0 Å². The topological polar surface area (TPSA) is 13.0 Å². The summed E-state index contributed by atoms with van der Waals surface area (Å²) in [6.07, 6.45) is 5.04. The number of rotatable bonds is 8. The Morgan fingerprint density at radius 2 is 1.54 bits per heavy atom. The zero-order chi connectivity index (χ0) is 17.0. The molecule has 3 saturated heterocycles. The smallest absolute Gasteiger partial charge is 0.261 e. The van der Waals surface area contributed by atoms with Gasteiger partial charge in [0, 0.05) is 45.2 Å². The summed E-state index contributed by atoms with van der Waals surface area (Å²) in [7, 11) is 0. The molecule has 0 aliphatic carbocycles. The van der Waals surface area contributed by atoms with Crippen LogP contribution < -0.4 is 0 Å². The minimum atomic E-state index is -2.45. The van der Waals surface area contributed by atoms with E-state index in [1.54, 1.807) is 0 Å². The summed E-state index contributed by atoms with van der Waals surface area (Å²) in [5.74, 6) is -2.45. The lowest BCUT2D eigenvalue weighted by Gasteiger charge is -2.23. The van der Waals surface area contributed by atoms with Gasteiger partial charge < -0.3 is 4.90 Å². The van der Waals surface area contributed by atoms with Gasteiger partial charge in [-0.1, -0.05) is 0 Å². The highest BCUT2D eigenvalue weighted by atomic mass is 19.3. The highest BCUT2D eigenvalue weighted by Crippen LogP contribution is 2.26. The monoisotopic (exact) mass is 344 g/mol. The van der Waals surface area contributed by atoms with Crippen LogP contribution >= 0.6 is 0 Å². The van der Waals surface area contributed by atoms with Gasteiger partial charge in [-0.2, -0.15) is 0 Å². The average Bonchev–Trinajstić information content (AvgIpc) is 3.22. The van der Waals surface area contributed by atoms with Gasteiger partial charge in [0.15, 0.2) is 0 Å². The molecule has 6 heteroatoms. The van der Waals surface area contributed by atoms with Crippen LogP contribution in [-0.4, -0.2) is 97.1 Å². The molecule has 1 atom stereocenters. The third kappa shape index (κ3) is 5.35. The van der Waals surface area contributed by atoms with Crippen LogP contribution in [0.15, 0.2) is 0 Å². The molecule has 0 spiro atoms. The Balaban J connectivity index is 1.23. The van der Waals surface area contributed by atoms with Crippen LogP contribution in [0.2, 0.25) is 0 Å². The molecule has 24 heavy (non-hydrogen) atoms. The van der Waals surface area contributed by atoms with Gasteiger partial charge in [-0.15, -0.1) is 0 Å². The van der Waals surface area contributed by atoms with E-state index in [4.69, 9.17) is 0 Å². The Kier molecular flexibility index (Phi) is 6.46. The Hall–Kier alpha value is -0.300. The number of nitrogens with zero attached hydrogens (tertiary/aromatic N) is 4. The number of halogens is 2. The first-order valence-electron chi connectivity index (χ1n) is 9.81. The second-order valence-corrected chi connectivity index (χ2v) is 7.99. The Bertz CT molecular complexity index is 393. The fraction of sp³-hybridized carbons (Fsp3) is 1.00. The molecule has 0 aromatic heterocycles. The molecule has 4 nitrogen and oxygen atoms in total. The fourth-order valence-corrected chi connectivity index (χ4v) is 4.41. The van der Waals surface area contributed by atoms with Gasteiger partial charge in [-0.05, 0) is 52.2 Å². The lowest BCUT2D eigenvalue weighted by molar-refractivity contribution is 0.0119.